The number of fused-ring (bicyclic) bond motifs is 1. The number of nitrogens with two attached hydrogens (primary N) is 1. The van der Waals surface area contributed by atoms with Crippen molar-refractivity contribution in [1.82, 2.24) is 9.38 Å². The molecular weight excluding hydrogens is 180 g/mol. The maximum Gasteiger partial charge on any atom is 0.259 e. The lowest BCUT2D eigenvalue weighted by molar-refractivity contribution is 1.05. The fraction of sp³-hybridized carbons (Fsp3) is 0. The van der Waals surface area contributed by atoms with Gasteiger partial charge in [-0.3, -0.25) is 9.20 Å². The van der Waals surface area contributed by atoms with E-state index < -0.39 is 0 Å². The molecule has 5 nitrogen and oxygen atoms in total. The van der Waals surface area contributed by atoms with E-state index in [1.165, 1.54) is 22.7 Å². The Morgan fingerprint density at radius 1 is 1.50 bits per heavy atom. The van der Waals surface area contributed by atoms with Crippen molar-refractivity contribution in [1.29, 1.82) is 5.26 Å². The number of nitriles is 1. The summed E-state index contributed by atoms with van der Waals surface area (Å²) in [6, 6.07) is 6.26. The maximum absolute atomic E-state index is 11.4. The smallest absolute Gasteiger partial charge is 0.259 e. The summed E-state index contributed by atoms with van der Waals surface area (Å²) in [6.07, 6.45) is 1.50. The van der Waals surface area contributed by atoms with Gasteiger partial charge >= 0.3 is 0 Å². The molecule has 0 amide bonds. The van der Waals surface area contributed by atoms with Crippen LogP contribution in [0.5, 0.6) is 0 Å². The summed E-state index contributed by atoms with van der Waals surface area (Å²) < 4.78 is 1.33. The molecule has 14 heavy (non-hydrogen) atoms. The zero-order valence-corrected chi connectivity index (χ0v) is 7.14. The first-order chi connectivity index (χ1) is 6.70. The summed E-state index contributed by atoms with van der Waals surface area (Å²) in [6.45, 7) is 0. The molecule has 2 aromatic rings. The van der Waals surface area contributed by atoms with Crippen LogP contribution in [0.1, 0.15) is 5.56 Å². The summed E-state index contributed by atoms with van der Waals surface area (Å²) in [5.41, 5.74) is 5.99. The van der Waals surface area contributed by atoms with Gasteiger partial charge in [0.05, 0.1) is 11.6 Å². The first-order valence-electron chi connectivity index (χ1n) is 3.90. The Kier molecular flexibility index (Phi) is 1.68. The molecule has 2 aromatic heterocycles. The molecule has 0 aliphatic heterocycles. The van der Waals surface area contributed by atoms with E-state index in [4.69, 9.17) is 11.0 Å². The van der Waals surface area contributed by atoms with Crippen molar-refractivity contribution < 1.29 is 0 Å². The minimum absolute atomic E-state index is 0.157. The van der Waals surface area contributed by atoms with E-state index in [1.54, 1.807) is 6.07 Å². The van der Waals surface area contributed by atoms with Crippen molar-refractivity contribution in [2.75, 3.05) is 5.73 Å². The first-order valence-corrected chi connectivity index (χ1v) is 3.90. The molecule has 0 bridgehead atoms. The second kappa shape index (κ2) is 2.85. The third-order valence-corrected chi connectivity index (χ3v) is 1.82. The highest BCUT2D eigenvalue weighted by Crippen LogP contribution is 2.03. The standard InChI is InChI=1S/C9H6N4O/c10-5-6-1-2-13-8(3-6)12-7(11)4-9(13)14/h1-4H,11H2. The van der Waals surface area contributed by atoms with E-state index in [9.17, 15) is 4.79 Å². The number of rotatable bonds is 0. The molecule has 0 unspecified atom stereocenters. The normalized spacial score (nSPS) is 9.93. The van der Waals surface area contributed by atoms with Crippen LogP contribution in [0.25, 0.3) is 5.65 Å². The molecule has 5 heteroatoms. The number of anilines is 1. The molecule has 0 saturated heterocycles. The van der Waals surface area contributed by atoms with Crippen LogP contribution < -0.4 is 11.3 Å². The SMILES string of the molecule is N#Cc1ccn2c(=O)cc(N)nc2c1. The summed E-state index contributed by atoms with van der Waals surface area (Å²) in [4.78, 5) is 15.3. The average Bonchev–Trinajstić information content (AvgIpc) is 2.16. The van der Waals surface area contributed by atoms with Crippen LogP contribution in [0.2, 0.25) is 0 Å². The van der Waals surface area contributed by atoms with Crippen molar-refractivity contribution in [3.8, 4) is 6.07 Å². The molecule has 68 valence electrons. The summed E-state index contributed by atoms with van der Waals surface area (Å²) in [5, 5.41) is 8.64. The number of hydrogen-bond donors (Lipinski definition) is 1. The highest BCUT2D eigenvalue weighted by Gasteiger charge is 2.00. The lowest BCUT2D eigenvalue weighted by Crippen LogP contribution is -2.14. The molecule has 0 saturated carbocycles. The Morgan fingerprint density at radius 2 is 2.29 bits per heavy atom. The molecule has 0 atom stereocenters. The van der Waals surface area contributed by atoms with Crippen molar-refractivity contribution in [3.63, 3.8) is 0 Å². The van der Waals surface area contributed by atoms with Gasteiger partial charge in [-0.2, -0.15) is 5.26 Å². The second-order valence-electron chi connectivity index (χ2n) is 2.77. The molecule has 2 heterocycles. The molecule has 0 aliphatic rings. The minimum atomic E-state index is -0.253. The van der Waals surface area contributed by atoms with Gasteiger partial charge in [0.2, 0.25) is 0 Å². The Hall–Kier alpha value is -2.35. The first kappa shape index (κ1) is 8.26. The van der Waals surface area contributed by atoms with Gasteiger partial charge in [0, 0.05) is 12.3 Å². The van der Waals surface area contributed by atoms with Gasteiger partial charge in [0.1, 0.15) is 11.5 Å². The topological polar surface area (TPSA) is 84.2 Å². The lowest BCUT2D eigenvalue weighted by Gasteiger charge is -1.99. The van der Waals surface area contributed by atoms with E-state index in [-0.39, 0.29) is 11.4 Å². The van der Waals surface area contributed by atoms with Crippen LogP contribution in [-0.4, -0.2) is 9.38 Å². The molecule has 0 fully saturated rings. The van der Waals surface area contributed by atoms with Crippen LogP contribution in [0.4, 0.5) is 5.82 Å². The second-order valence-corrected chi connectivity index (χ2v) is 2.77. The molecule has 2 N–H and O–H groups in total. The van der Waals surface area contributed by atoms with Gasteiger partial charge in [0.25, 0.3) is 5.56 Å². The van der Waals surface area contributed by atoms with E-state index in [0.717, 1.165) is 0 Å². The van der Waals surface area contributed by atoms with Gasteiger partial charge in [0.15, 0.2) is 0 Å². The lowest BCUT2D eigenvalue weighted by atomic mass is 10.3. The number of nitrogens with zero attached hydrogens (tertiary/aromatic N) is 3. The predicted molar refractivity (Wildman–Crippen MR) is 50.6 cm³/mol. The van der Waals surface area contributed by atoms with Gasteiger partial charge in [-0.1, -0.05) is 0 Å². The Bertz CT molecular complexity index is 594. The zero-order chi connectivity index (χ0) is 10.1. The number of hydrogen-bond acceptors (Lipinski definition) is 4. The van der Waals surface area contributed by atoms with Crippen molar-refractivity contribution in [3.05, 3.63) is 40.3 Å². The van der Waals surface area contributed by atoms with Crippen LogP contribution in [-0.2, 0) is 0 Å². The average molecular weight is 186 g/mol. The Morgan fingerprint density at radius 3 is 3.00 bits per heavy atom. The van der Waals surface area contributed by atoms with Crippen LogP contribution >= 0.6 is 0 Å². The van der Waals surface area contributed by atoms with E-state index in [2.05, 4.69) is 4.98 Å². The Balaban J connectivity index is 2.90. The number of aromatic nitrogens is 2. The molecule has 0 radical (unpaired) electrons. The molecule has 0 aliphatic carbocycles. The fourth-order valence-electron chi connectivity index (χ4n) is 1.19. The summed E-state index contributed by atoms with van der Waals surface area (Å²) in [5.74, 6) is 0.157. The summed E-state index contributed by atoms with van der Waals surface area (Å²) >= 11 is 0. The van der Waals surface area contributed by atoms with Crippen LogP contribution in [0.3, 0.4) is 0 Å². The molecule has 2 rings (SSSR count). The van der Waals surface area contributed by atoms with Gasteiger partial charge < -0.3 is 5.73 Å². The van der Waals surface area contributed by atoms with Crippen LogP contribution in [0, 0.1) is 11.3 Å². The number of pyridine rings is 1. The van der Waals surface area contributed by atoms with Gasteiger partial charge in [-0.15, -0.1) is 0 Å². The maximum atomic E-state index is 11.4. The molecule has 0 aromatic carbocycles. The monoisotopic (exact) mass is 186 g/mol. The van der Waals surface area contributed by atoms with Gasteiger partial charge in [-0.25, -0.2) is 4.98 Å². The zero-order valence-electron chi connectivity index (χ0n) is 7.14. The van der Waals surface area contributed by atoms with Crippen molar-refractivity contribution in [2.24, 2.45) is 0 Å². The third kappa shape index (κ3) is 1.19. The largest absolute Gasteiger partial charge is 0.383 e. The predicted octanol–water partition coefficient (Wildman–Crippen LogP) is 0.148. The highest BCUT2D eigenvalue weighted by molar-refractivity contribution is 5.48. The quantitative estimate of drug-likeness (QED) is 0.634. The fourth-order valence-corrected chi connectivity index (χ4v) is 1.19. The van der Waals surface area contributed by atoms with Crippen LogP contribution in [0.15, 0.2) is 29.2 Å². The molecular formula is C9H6N4O. The Labute approximate surface area is 79.0 Å². The van der Waals surface area contributed by atoms with Crippen molar-refractivity contribution >= 4 is 11.5 Å². The minimum Gasteiger partial charge on any atom is -0.383 e. The molecule has 0 spiro atoms. The van der Waals surface area contributed by atoms with E-state index in [1.807, 2.05) is 6.07 Å². The number of nitrogen functional groups attached to an aromatic ring is 1. The van der Waals surface area contributed by atoms with E-state index in [0.29, 0.717) is 11.2 Å². The highest BCUT2D eigenvalue weighted by atomic mass is 16.1. The third-order valence-electron chi connectivity index (χ3n) is 1.82. The van der Waals surface area contributed by atoms with Crippen molar-refractivity contribution in [2.45, 2.75) is 0 Å². The van der Waals surface area contributed by atoms with E-state index >= 15 is 0 Å². The van der Waals surface area contributed by atoms with Gasteiger partial charge in [-0.05, 0) is 12.1 Å². The summed E-state index contributed by atoms with van der Waals surface area (Å²) in [7, 11) is 0.